The van der Waals surface area contributed by atoms with Crippen molar-refractivity contribution in [2.24, 2.45) is 0 Å². The van der Waals surface area contributed by atoms with Crippen LogP contribution in [0.3, 0.4) is 0 Å². The first kappa shape index (κ1) is 14.5. The maximum absolute atomic E-state index is 12.5. The van der Waals surface area contributed by atoms with E-state index in [4.69, 9.17) is 0 Å². The molecule has 5 nitrogen and oxygen atoms in total. The number of rotatable bonds is 3. The van der Waals surface area contributed by atoms with Gasteiger partial charge in [0.25, 0.3) is 11.8 Å². The fourth-order valence-electron chi connectivity index (χ4n) is 2.52. The van der Waals surface area contributed by atoms with Crippen molar-refractivity contribution in [3.05, 3.63) is 35.4 Å². The summed E-state index contributed by atoms with van der Waals surface area (Å²) in [5.41, 5.74) is 1.09. The van der Waals surface area contributed by atoms with E-state index in [1.807, 2.05) is 11.9 Å². The average molecular weight is 275 g/mol. The van der Waals surface area contributed by atoms with E-state index in [2.05, 4.69) is 10.6 Å². The van der Waals surface area contributed by atoms with Gasteiger partial charge < -0.3 is 15.5 Å². The standard InChI is InChI=1S/C15H21N3O2/c1-16-13-7-4-8-18(10-13)15(20)12-6-3-5-11(9-12)14(19)17-2/h3,5-6,9,13,16H,4,7-8,10H2,1-2H3,(H,17,19)/t13-/m0/s1. The maximum Gasteiger partial charge on any atom is 0.253 e. The highest BCUT2D eigenvalue weighted by Gasteiger charge is 2.23. The van der Waals surface area contributed by atoms with Gasteiger partial charge in [-0.1, -0.05) is 6.07 Å². The average Bonchev–Trinajstić information content (AvgIpc) is 2.53. The van der Waals surface area contributed by atoms with Crippen molar-refractivity contribution in [2.75, 3.05) is 27.2 Å². The maximum atomic E-state index is 12.5. The van der Waals surface area contributed by atoms with Crippen LogP contribution in [-0.4, -0.2) is 49.9 Å². The lowest BCUT2D eigenvalue weighted by Crippen LogP contribution is -2.47. The van der Waals surface area contributed by atoms with Crippen molar-refractivity contribution in [2.45, 2.75) is 18.9 Å². The Morgan fingerprint density at radius 1 is 1.25 bits per heavy atom. The van der Waals surface area contributed by atoms with E-state index in [-0.39, 0.29) is 11.8 Å². The molecule has 0 aliphatic carbocycles. The van der Waals surface area contributed by atoms with Gasteiger partial charge in [0.1, 0.15) is 0 Å². The van der Waals surface area contributed by atoms with Crippen LogP contribution >= 0.6 is 0 Å². The first-order valence-corrected chi connectivity index (χ1v) is 6.94. The van der Waals surface area contributed by atoms with E-state index < -0.39 is 0 Å². The Labute approximate surface area is 119 Å². The number of benzene rings is 1. The van der Waals surface area contributed by atoms with E-state index in [0.29, 0.717) is 17.2 Å². The third-order valence-corrected chi connectivity index (χ3v) is 3.72. The zero-order chi connectivity index (χ0) is 14.5. The van der Waals surface area contributed by atoms with Crippen LogP contribution in [0.15, 0.2) is 24.3 Å². The molecule has 0 radical (unpaired) electrons. The van der Waals surface area contributed by atoms with Crippen LogP contribution < -0.4 is 10.6 Å². The molecule has 1 saturated heterocycles. The van der Waals surface area contributed by atoms with Gasteiger partial charge in [0.05, 0.1) is 0 Å². The monoisotopic (exact) mass is 275 g/mol. The number of amides is 2. The van der Waals surface area contributed by atoms with Crippen LogP contribution in [-0.2, 0) is 0 Å². The summed E-state index contributed by atoms with van der Waals surface area (Å²) < 4.78 is 0. The Morgan fingerprint density at radius 2 is 2.00 bits per heavy atom. The molecule has 0 saturated carbocycles. The highest BCUT2D eigenvalue weighted by Crippen LogP contribution is 2.14. The molecule has 0 aromatic heterocycles. The molecule has 2 N–H and O–H groups in total. The Morgan fingerprint density at radius 3 is 2.70 bits per heavy atom. The molecular weight excluding hydrogens is 254 g/mol. The first-order chi connectivity index (χ1) is 9.65. The number of hydrogen-bond donors (Lipinski definition) is 2. The number of nitrogens with zero attached hydrogens (tertiary/aromatic N) is 1. The van der Waals surface area contributed by atoms with E-state index in [1.165, 1.54) is 0 Å². The van der Waals surface area contributed by atoms with Gasteiger partial charge in [0.2, 0.25) is 0 Å². The second-order valence-corrected chi connectivity index (χ2v) is 5.04. The second-order valence-electron chi connectivity index (χ2n) is 5.04. The van der Waals surface area contributed by atoms with Crippen molar-refractivity contribution in [3.8, 4) is 0 Å². The fraction of sp³-hybridized carbons (Fsp3) is 0.467. The molecule has 1 aromatic carbocycles. The van der Waals surface area contributed by atoms with Crippen LogP contribution in [0.5, 0.6) is 0 Å². The molecule has 1 heterocycles. The molecule has 0 unspecified atom stereocenters. The van der Waals surface area contributed by atoms with Gasteiger partial charge in [-0.05, 0) is 38.1 Å². The first-order valence-electron chi connectivity index (χ1n) is 6.94. The van der Waals surface area contributed by atoms with E-state index in [9.17, 15) is 9.59 Å². The largest absolute Gasteiger partial charge is 0.355 e. The zero-order valence-electron chi connectivity index (χ0n) is 12.0. The fourth-order valence-corrected chi connectivity index (χ4v) is 2.52. The predicted molar refractivity (Wildman–Crippen MR) is 77.8 cm³/mol. The normalized spacial score (nSPS) is 18.7. The van der Waals surface area contributed by atoms with Crippen LogP contribution in [0, 0.1) is 0 Å². The molecule has 0 bridgehead atoms. The third kappa shape index (κ3) is 3.17. The highest BCUT2D eigenvalue weighted by molar-refractivity contribution is 5.99. The molecule has 1 aliphatic rings. The van der Waals surface area contributed by atoms with Crippen LogP contribution in [0.1, 0.15) is 33.6 Å². The minimum absolute atomic E-state index is 0.00398. The van der Waals surface area contributed by atoms with Gasteiger partial charge in [-0.15, -0.1) is 0 Å². The van der Waals surface area contributed by atoms with Crippen molar-refractivity contribution in [3.63, 3.8) is 0 Å². The van der Waals surface area contributed by atoms with Gasteiger partial charge in [-0.2, -0.15) is 0 Å². The second kappa shape index (κ2) is 6.52. The SMILES string of the molecule is CNC(=O)c1cccc(C(=O)N2CCC[C@H](NC)C2)c1. The molecule has 2 amide bonds. The molecule has 108 valence electrons. The lowest BCUT2D eigenvalue weighted by Gasteiger charge is -2.32. The van der Waals surface area contributed by atoms with Crippen molar-refractivity contribution < 1.29 is 9.59 Å². The lowest BCUT2D eigenvalue weighted by molar-refractivity contribution is 0.0698. The number of carbonyl (C=O) groups is 2. The van der Waals surface area contributed by atoms with Crippen LogP contribution in [0.2, 0.25) is 0 Å². The van der Waals surface area contributed by atoms with Gasteiger partial charge in [0.15, 0.2) is 0 Å². The number of carbonyl (C=O) groups excluding carboxylic acids is 2. The minimum Gasteiger partial charge on any atom is -0.355 e. The Kier molecular flexibility index (Phi) is 4.74. The molecule has 20 heavy (non-hydrogen) atoms. The number of likely N-dealkylation sites (N-methyl/N-ethyl adjacent to an activating group) is 1. The van der Waals surface area contributed by atoms with Crippen molar-refractivity contribution in [1.29, 1.82) is 0 Å². The smallest absolute Gasteiger partial charge is 0.253 e. The highest BCUT2D eigenvalue weighted by atomic mass is 16.2. The quantitative estimate of drug-likeness (QED) is 0.860. The summed E-state index contributed by atoms with van der Waals surface area (Å²) in [6.45, 7) is 1.50. The number of hydrogen-bond acceptors (Lipinski definition) is 3. The summed E-state index contributed by atoms with van der Waals surface area (Å²) >= 11 is 0. The third-order valence-electron chi connectivity index (χ3n) is 3.72. The molecule has 0 spiro atoms. The molecular formula is C15H21N3O2. The van der Waals surface area contributed by atoms with Gasteiger partial charge in [-0.25, -0.2) is 0 Å². The molecule has 1 fully saturated rings. The van der Waals surface area contributed by atoms with Crippen LogP contribution in [0.25, 0.3) is 0 Å². The Hall–Kier alpha value is -1.88. The number of piperidine rings is 1. The van der Waals surface area contributed by atoms with Gasteiger partial charge in [0, 0.05) is 37.3 Å². The Bertz CT molecular complexity index is 502. The van der Waals surface area contributed by atoms with Gasteiger partial charge in [-0.3, -0.25) is 9.59 Å². The predicted octanol–water partition coefficient (Wildman–Crippen LogP) is 0.870. The van der Waals surface area contributed by atoms with Gasteiger partial charge >= 0.3 is 0 Å². The summed E-state index contributed by atoms with van der Waals surface area (Å²) in [4.78, 5) is 26.0. The number of nitrogens with one attached hydrogen (secondary N) is 2. The molecule has 1 aromatic rings. The van der Waals surface area contributed by atoms with Crippen LogP contribution in [0.4, 0.5) is 0 Å². The molecule has 2 rings (SSSR count). The molecule has 5 heteroatoms. The summed E-state index contributed by atoms with van der Waals surface area (Å²) in [5.74, 6) is -0.179. The zero-order valence-corrected chi connectivity index (χ0v) is 12.0. The summed E-state index contributed by atoms with van der Waals surface area (Å²) in [6.07, 6.45) is 2.10. The molecule has 1 aliphatic heterocycles. The summed E-state index contributed by atoms with van der Waals surface area (Å²) in [5, 5.41) is 5.79. The van der Waals surface area contributed by atoms with E-state index in [1.54, 1.807) is 31.3 Å². The number of likely N-dealkylation sites (tertiary alicyclic amines) is 1. The molecule has 1 atom stereocenters. The van der Waals surface area contributed by atoms with Crippen molar-refractivity contribution >= 4 is 11.8 Å². The lowest BCUT2D eigenvalue weighted by atomic mass is 10.0. The summed E-state index contributed by atoms with van der Waals surface area (Å²) in [6, 6.07) is 7.23. The van der Waals surface area contributed by atoms with E-state index >= 15 is 0 Å². The summed E-state index contributed by atoms with van der Waals surface area (Å²) in [7, 11) is 3.50. The van der Waals surface area contributed by atoms with E-state index in [0.717, 1.165) is 25.9 Å². The minimum atomic E-state index is -0.175. The Balaban J connectivity index is 2.14. The van der Waals surface area contributed by atoms with Crippen molar-refractivity contribution in [1.82, 2.24) is 15.5 Å². The topological polar surface area (TPSA) is 61.4 Å².